The van der Waals surface area contributed by atoms with Crippen LogP contribution in [-0.2, 0) is 5.60 Å². The smallest absolute Gasteiger partial charge is 0.118 e. The number of nitrogens with one attached hydrogen (secondary N) is 1. The molecule has 0 aromatic heterocycles. The lowest BCUT2D eigenvalue weighted by Gasteiger charge is -2.40. The number of piperidine rings is 1. The summed E-state index contributed by atoms with van der Waals surface area (Å²) >= 11 is 0. The highest BCUT2D eigenvalue weighted by Crippen LogP contribution is 2.44. The molecule has 1 atom stereocenters. The van der Waals surface area contributed by atoms with Gasteiger partial charge in [-0.15, -0.1) is 0 Å². The lowest BCUT2D eigenvalue weighted by Crippen LogP contribution is -2.43. The van der Waals surface area contributed by atoms with Gasteiger partial charge in [-0.3, -0.25) is 0 Å². The van der Waals surface area contributed by atoms with Crippen LogP contribution < -0.4 is 5.32 Å². The Morgan fingerprint density at radius 3 is 2.00 bits per heavy atom. The van der Waals surface area contributed by atoms with Crippen molar-refractivity contribution >= 4 is 0 Å². The maximum Gasteiger partial charge on any atom is 0.118 e. The number of benzene rings is 3. The van der Waals surface area contributed by atoms with E-state index in [-0.39, 0.29) is 5.92 Å². The highest BCUT2D eigenvalue weighted by Gasteiger charge is 2.41. The van der Waals surface area contributed by atoms with Crippen molar-refractivity contribution in [3.05, 3.63) is 96.1 Å². The summed E-state index contributed by atoms with van der Waals surface area (Å²) in [5.74, 6) is 0.191. The van der Waals surface area contributed by atoms with Crippen LogP contribution in [0, 0.1) is 5.92 Å². The Kier molecular flexibility index (Phi) is 4.87. The molecule has 4 rings (SSSR count). The van der Waals surface area contributed by atoms with E-state index >= 15 is 0 Å². The lowest BCUT2D eigenvalue weighted by molar-refractivity contribution is 0.00286. The molecule has 3 aromatic carbocycles. The normalized spacial score (nSPS) is 17.6. The van der Waals surface area contributed by atoms with E-state index in [2.05, 4.69) is 59.9 Å². The number of hydrogen-bond acceptors (Lipinski definition) is 2. The van der Waals surface area contributed by atoms with Gasteiger partial charge in [-0.1, -0.05) is 84.9 Å². The molecule has 2 N–H and O–H groups in total. The van der Waals surface area contributed by atoms with E-state index in [0.29, 0.717) is 0 Å². The average Bonchev–Trinajstić information content (AvgIpc) is 2.75. The van der Waals surface area contributed by atoms with Crippen LogP contribution in [0.25, 0.3) is 11.1 Å². The molecule has 2 heteroatoms. The molecular weight excluding hydrogens is 318 g/mol. The molecule has 0 amide bonds. The SMILES string of the molecule is OC(c1ccccc1)(c1ccccc1-c1ccccc1)C1CCNCC1. The second kappa shape index (κ2) is 7.45. The zero-order valence-corrected chi connectivity index (χ0v) is 14.9. The summed E-state index contributed by atoms with van der Waals surface area (Å²) in [5, 5.41) is 15.6. The van der Waals surface area contributed by atoms with Gasteiger partial charge in [0.25, 0.3) is 0 Å². The maximum atomic E-state index is 12.2. The van der Waals surface area contributed by atoms with Crippen molar-refractivity contribution in [3.63, 3.8) is 0 Å². The molecular formula is C24H25NO. The summed E-state index contributed by atoms with van der Waals surface area (Å²) in [6, 6.07) is 28.9. The van der Waals surface area contributed by atoms with Crippen LogP contribution in [0.3, 0.4) is 0 Å². The minimum atomic E-state index is -0.990. The summed E-state index contributed by atoms with van der Waals surface area (Å²) in [7, 11) is 0. The fraction of sp³-hybridized carbons (Fsp3) is 0.250. The second-order valence-corrected chi connectivity index (χ2v) is 7.07. The molecule has 0 radical (unpaired) electrons. The van der Waals surface area contributed by atoms with Gasteiger partial charge < -0.3 is 10.4 Å². The molecule has 1 heterocycles. The fourth-order valence-electron chi connectivity index (χ4n) is 4.23. The van der Waals surface area contributed by atoms with E-state index in [9.17, 15) is 5.11 Å². The molecule has 3 aromatic rings. The number of aliphatic hydroxyl groups is 1. The van der Waals surface area contributed by atoms with Gasteiger partial charge in [-0.2, -0.15) is 0 Å². The Labute approximate surface area is 155 Å². The first-order valence-electron chi connectivity index (χ1n) is 9.43. The first kappa shape index (κ1) is 17.0. The highest BCUT2D eigenvalue weighted by molar-refractivity contribution is 5.69. The first-order valence-corrected chi connectivity index (χ1v) is 9.43. The number of hydrogen-bond donors (Lipinski definition) is 2. The minimum absolute atomic E-state index is 0.191. The quantitative estimate of drug-likeness (QED) is 0.726. The van der Waals surface area contributed by atoms with Gasteiger partial charge in [0.05, 0.1) is 0 Å². The Balaban J connectivity index is 1.91. The average molecular weight is 343 g/mol. The zero-order valence-electron chi connectivity index (χ0n) is 14.9. The van der Waals surface area contributed by atoms with Gasteiger partial charge in [0.2, 0.25) is 0 Å². The monoisotopic (exact) mass is 343 g/mol. The van der Waals surface area contributed by atoms with E-state index < -0.39 is 5.60 Å². The molecule has 1 aliphatic rings. The predicted octanol–water partition coefficient (Wildman–Crippen LogP) is 4.59. The van der Waals surface area contributed by atoms with Gasteiger partial charge in [0.1, 0.15) is 5.60 Å². The molecule has 0 saturated carbocycles. The Hall–Kier alpha value is -2.42. The molecule has 1 fully saturated rings. The van der Waals surface area contributed by atoms with Crippen LogP contribution in [0.2, 0.25) is 0 Å². The number of rotatable bonds is 4. The third kappa shape index (κ3) is 3.07. The lowest BCUT2D eigenvalue weighted by atomic mass is 9.70. The molecule has 0 spiro atoms. The summed E-state index contributed by atoms with van der Waals surface area (Å²) in [4.78, 5) is 0. The van der Waals surface area contributed by atoms with Crippen molar-refractivity contribution in [1.82, 2.24) is 5.32 Å². The van der Waals surface area contributed by atoms with Crippen molar-refractivity contribution in [2.24, 2.45) is 5.92 Å². The van der Waals surface area contributed by atoms with Gasteiger partial charge in [-0.25, -0.2) is 0 Å². The second-order valence-electron chi connectivity index (χ2n) is 7.07. The Morgan fingerprint density at radius 2 is 1.31 bits per heavy atom. The van der Waals surface area contributed by atoms with E-state index in [0.717, 1.165) is 48.2 Å². The molecule has 26 heavy (non-hydrogen) atoms. The van der Waals surface area contributed by atoms with Crippen molar-refractivity contribution < 1.29 is 5.11 Å². The van der Waals surface area contributed by atoms with Crippen LogP contribution in [0.4, 0.5) is 0 Å². The standard InChI is InChI=1S/C24H25NO/c26-24(20-11-5-2-6-12-20,21-15-17-25-18-16-21)23-14-8-7-13-22(23)19-9-3-1-4-10-19/h1-14,21,25-26H,15-18H2. The highest BCUT2D eigenvalue weighted by atomic mass is 16.3. The van der Waals surface area contributed by atoms with Crippen molar-refractivity contribution in [2.75, 3.05) is 13.1 Å². The van der Waals surface area contributed by atoms with Crippen molar-refractivity contribution in [2.45, 2.75) is 18.4 Å². The molecule has 0 bridgehead atoms. The maximum absolute atomic E-state index is 12.2. The Bertz CT molecular complexity index is 840. The molecule has 1 unspecified atom stereocenters. The predicted molar refractivity (Wildman–Crippen MR) is 107 cm³/mol. The van der Waals surface area contributed by atoms with Crippen LogP contribution in [0.1, 0.15) is 24.0 Å². The largest absolute Gasteiger partial charge is 0.380 e. The third-order valence-corrected chi connectivity index (χ3v) is 5.57. The fourth-order valence-corrected chi connectivity index (χ4v) is 4.23. The third-order valence-electron chi connectivity index (χ3n) is 5.57. The van der Waals surface area contributed by atoms with E-state index in [1.807, 2.05) is 30.3 Å². The molecule has 132 valence electrons. The van der Waals surface area contributed by atoms with Crippen LogP contribution in [0.15, 0.2) is 84.9 Å². The summed E-state index contributed by atoms with van der Waals surface area (Å²) < 4.78 is 0. The molecule has 1 aliphatic heterocycles. The minimum Gasteiger partial charge on any atom is -0.380 e. The topological polar surface area (TPSA) is 32.3 Å². The van der Waals surface area contributed by atoms with Gasteiger partial charge >= 0.3 is 0 Å². The molecule has 0 aliphatic carbocycles. The summed E-state index contributed by atoms with van der Waals surface area (Å²) in [6.07, 6.45) is 1.93. The van der Waals surface area contributed by atoms with Crippen molar-refractivity contribution in [3.8, 4) is 11.1 Å². The van der Waals surface area contributed by atoms with E-state index in [4.69, 9.17) is 0 Å². The van der Waals surface area contributed by atoms with Gasteiger partial charge in [-0.05, 0) is 54.1 Å². The summed E-state index contributed by atoms with van der Waals surface area (Å²) in [5.41, 5.74) is 3.25. The summed E-state index contributed by atoms with van der Waals surface area (Å²) in [6.45, 7) is 1.90. The zero-order chi connectivity index (χ0) is 17.8. The van der Waals surface area contributed by atoms with E-state index in [1.54, 1.807) is 0 Å². The van der Waals surface area contributed by atoms with Gasteiger partial charge in [0.15, 0.2) is 0 Å². The molecule has 1 saturated heterocycles. The van der Waals surface area contributed by atoms with Crippen LogP contribution >= 0.6 is 0 Å². The first-order chi connectivity index (χ1) is 12.8. The van der Waals surface area contributed by atoms with Crippen molar-refractivity contribution in [1.29, 1.82) is 0 Å². The van der Waals surface area contributed by atoms with Crippen LogP contribution in [0.5, 0.6) is 0 Å². The van der Waals surface area contributed by atoms with Crippen LogP contribution in [-0.4, -0.2) is 18.2 Å². The van der Waals surface area contributed by atoms with E-state index in [1.165, 1.54) is 0 Å². The van der Waals surface area contributed by atoms with Gasteiger partial charge in [0, 0.05) is 0 Å². The molecule has 2 nitrogen and oxygen atoms in total. The Morgan fingerprint density at radius 1 is 0.731 bits per heavy atom.